The summed E-state index contributed by atoms with van der Waals surface area (Å²) in [5.41, 5.74) is 2.49. The number of aryl methyl sites for hydroxylation is 4. The second kappa shape index (κ2) is 5.94. The summed E-state index contributed by atoms with van der Waals surface area (Å²) in [5, 5.41) is 22.9. The minimum Gasteiger partial charge on any atom is -0.360 e. The highest BCUT2D eigenvalue weighted by Gasteiger charge is 2.24. The van der Waals surface area contributed by atoms with Crippen LogP contribution in [0.5, 0.6) is 0 Å². The van der Waals surface area contributed by atoms with Crippen molar-refractivity contribution in [2.75, 3.05) is 5.32 Å². The fraction of sp³-hybridized carbons (Fsp3) is 0.538. The molecule has 0 aliphatic rings. The molecule has 2 aromatic heterocycles. The molecule has 0 saturated heterocycles. The van der Waals surface area contributed by atoms with E-state index in [4.69, 9.17) is 0 Å². The first-order valence-electron chi connectivity index (χ1n) is 6.94. The molecule has 0 atom stereocenters. The van der Waals surface area contributed by atoms with E-state index in [1.807, 2.05) is 27.1 Å². The van der Waals surface area contributed by atoms with Crippen LogP contribution in [-0.4, -0.2) is 24.5 Å². The predicted octanol–water partition coefficient (Wildman–Crippen LogP) is 2.03. The van der Waals surface area contributed by atoms with Crippen LogP contribution in [0.3, 0.4) is 0 Å². The first-order valence-corrected chi connectivity index (χ1v) is 6.94. The van der Waals surface area contributed by atoms with Gasteiger partial charge in [0, 0.05) is 31.9 Å². The maximum absolute atomic E-state index is 11.2. The van der Waals surface area contributed by atoms with Gasteiger partial charge in [-0.25, -0.2) is 4.68 Å². The van der Waals surface area contributed by atoms with Gasteiger partial charge in [0.1, 0.15) is 5.69 Å². The third-order valence-electron chi connectivity index (χ3n) is 3.35. The van der Waals surface area contributed by atoms with Crippen LogP contribution in [0.25, 0.3) is 0 Å². The van der Waals surface area contributed by atoms with E-state index in [1.54, 1.807) is 16.3 Å². The van der Waals surface area contributed by atoms with Crippen LogP contribution in [0.1, 0.15) is 30.8 Å². The SMILES string of the molecule is CCc1nn(C)cc1CNc1c([N+](=O)[O-])c(C)nn1CC. The molecule has 0 bridgehead atoms. The summed E-state index contributed by atoms with van der Waals surface area (Å²) in [7, 11) is 1.87. The van der Waals surface area contributed by atoms with E-state index >= 15 is 0 Å². The third-order valence-corrected chi connectivity index (χ3v) is 3.35. The Labute approximate surface area is 122 Å². The van der Waals surface area contributed by atoms with Gasteiger partial charge in [-0.2, -0.15) is 10.2 Å². The molecule has 0 saturated carbocycles. The summed E-state index contributed by atoms with van der Waals surface area (Å²) < 4.78 is 3.38. The highest BCUT2D eigenvalue weighted by Crippen LogP contribution is 2.28. The number of nitrogens with zero attached hydrogens (tertiary/aromatic N) is 5. The van der Waals surface area contributed by atoms with Crippen molar-refractivity contribution in [2.24, 2.45) is 7.05 Å². The summed E-state index contributed by atoms with van der Waals surface area (Å²) in [6.07, 6.45) is 2.75. The fourth-order valence-electron chi connectivity index (χ4n) is 2.40. The molecule has 1 N–H and O–H groups in total. The first-order chi connectivity index (χ1) is 9.97. The summed E-state index contributed by atoms with van der Waals surface area (Å²) >= 11 is 0. The number of aromatic nitrogens is 4. The van der Waals surface area contributed by atoms with Gasteiger partial charge in [-0.3, -0.25) is 14.8 Å². The van der Waals surface area contributed by atoms with E-state index in [2.05, 4.69) is 15.5 Å². The molecule has 0 aromatic carbocycles. The average molecular weight is 292 g/mol. The summed E-state index contributed by atoms with van der Waals surface area (Å²) in [6, 6.07) is 0. The molecule has 0 aliphatic carbocycles. The average Bonchev–Trinajstić information content (AvgIpc) is 2.95. The monoisotopic (exact) mass is 292 g/mol. The molecular weight excluding hydrogens is 272 g/mol. The number of rotatable bonds is 6. The van der Waals surface area contributed by atoms with Gasteiger partial charge in [0.2, 0.25) is 5.82 Å². The zero-order valence-electron chi connectivity index (χ0n) is 12.8. The summed E-state index contributed by atoms with van der Waals surface area (Å²) in [5.74, 6) is 0.450. The van der Waals surface area contributed by atoms with E-state index < -0.39 is 0 Å². The summed E-state index contributed by atoms with van der Waals surface area (Å²) in [4.78, 5) is 10.8. The van der Waals surface area contributed by atoms with Crippen LogP contribution >= 0.6 is 0 Å². The van der Waals surface area contributed by atoms with Crippen LogP contribution in [0, 0.1) is 17.0 Å². The lowest BCUT2D eigenvalue weighted by molar-refractivity contribution is -0.384. The topological polar surface area (TPSA) is 90.8 Å². The van der Waals surface area contributed by atoms with Crippen molar-refractivity contribution >= 4 is 11.5 Å². The molecule has 21 heavy (non-hydrogen) atoms. The smallest absolute Gasteiger partial charge is 0.333 e. The van der Waals surface area contributed by atoms with E-state index in [9.17, 15) is 10.1 Å². The Kier molecular flexibility index (Phi) is 4.25. The van der Waals surface area contributed by atoms with E-state index in [-0.39, 0.29) is 10.6 Å². The highest BCUT2D eigenvalue weighted by atomic mass is 16.6. The number of hydrogen-bond acceptors (Lipinski definition) is 5. The second-order valence-electron chi connectivity index (χ2n) is 4.84. The molecule has 8 nitrogen and oxygen atoms in total. The van der Waals surface area contributed by atoms with Gasteiger partial charge >= 0.3 is 5.69 Å². The number of anilines is 1. The molecule has 0 fully saturated rings. The van der Waals surface area contributed by atoms with E-state index in [0.29, 0.717) is 24.6 Å². The van der Waals surface area contributed by atoms with Gasteiger partial charge in [0.15, 0.2) is 0 Å². The molecule has 0 radical (unpaired) electrons. The molecule has 0 spiro atoms. The zero-order chi connectivity index (χ0) is 15.6. The summed E-state index contributed by atoms with van der Waals surface area (Å²) in [6.45, 7) is 6.66. The Morgan fingerprint density at radius 1 is 1.38 bits per heavy atom. The van der Waals surface area contributed by atoms with Gasteiger partial charge in [-0.05, 0) is 20.3 Å². The molecule has 2 aromatic rings. The normalized spacial score (nSPS) is 10.9. The third kappa shape index (κ3) is 2.88. The van der Waals surface area contributed by atoms with Crippen molar-refractivity contribution in [3.8, 4) is 0 Å². The van der Waals surface area contributed by atoms with Crippen LogP contribution in [0.15, 0.2) is 6.20 Å². The molecule has 2 rings (SSSR count). The van der Waals surface area contributed by atoms with Crippen molar-refractivity contribution < 1.29 is 4.92 Å². The maximum Gasteiger partial charge on any atom is 0.333 e. The Morgan fingerprint density at radius 2 is 2.10 bits per heavy atom. The van der Waals surface area contributed by atoms with Crippen LogP contribution < -0.4 is 5.32 Å². The van der Waals surface area contributed by atoms with Crippen LogP contribution in [-0.2, 0) is 26.6 Å². The van der Waals surface area contributed by atoms with Gasteiger partial charge < -0.3 is 5.32 Å². The highest BCUT2D eigenvalue weighted by molar-refractivity contribution is 5.59. The number of hydrogen-bond donors (Lipinski definition) is 1. The largest absolute Gasteiger partial charge is 0.360 e. The second-order valence-corrected chi connectivity index (χ2v) is 4.84. The predicted molar refractivity (Wildman–Crippen MR) is 79.2 cm³/mol. The fourth-order valence-corrected chi connectivity index (χ4v) is 2.40. The molecule has 8 heteroatoms. The van der Waals surface area contributed by atoms with Crippen LogP contribution in [0.4, 0.5) is 11.5 Å². The molecule has 0 unspecified atom stereocenters. The number of nitro groups is 1. The van der Waals surface area contributed by atoms with Crippen LogP contribution in [0.2, 0.25) is 0 Å². The molecule has 2 heterocycles. The minimum absolute atomic E-state index is 0.0405. The maximum atomic E-state index is 11.2. The first kappa shape index (κ1) is 15.0. The quantitative estimate of drug-likeness (QED) is 0.649. The van der Waals surface area contributed by atoms with Crippen molar-refractivity contribution in [3.63, 3.8) is 0 Å². The Morgan fingerprint density at radius 3 is 2.67 bits per heavy atom. The van der Waals surface area contributed by atoms with Gasteiger partial charge in [0.25, 0.3) is 0 Å². The lowest BCUT2D eigenvalue weighted by Gasteiger charge is -2.07. The lowest BCUT2D eigenvalue weighted by atomic mass is 10.2. The van der Waals surface area contributed by atoms with Crippen molar-refractivity contribution in [1.82, 2.24) is 19.6 Å². The molecular formula is C13H20N6O2. The van der Waals surface area contributed by atoms with Crippen molar-refractivity contribution in [2.45, 2.75) is 40.3 Å². The van der Waals surface area contributed by atoms with Gasteiger partial charge in [-0.15, -0.1) is 0 Å². The molecule has 0 aliphatic heterocycles. The molecule has 114 valence electrons. The standard InChI is InChI=1S/C13H20N6O2/c1-5-11-10(8-17(4)16-11)7-14-13-12(19(20)21)9(3)15-18(13)6-2/h8,14H,5-7H2,1-4H3. The Bertz CT molecular complexity index is 658. The van der Waals surface area contributed by atoms with E-state index in [1.165, 1.54) is 0 Å². The van der Waals surface area contributed by atoms with Crippen molar-refractivity contribution in [3.05, 3.63) is 33.3 Å². The Balaban J connectivity index is 2.29. The lowest BCUT2D eigenvalue weighted by Crippen LogP contribution is -2.09. The van der Waals surface area contributed by atoms with Gasteiger partial charge in [0.05, 0.1) is 10.6 Å². The zero-order valence-corrected chi connectivity index (χ0v) is 12.8. The van der Waals surface area contributed by atoms with E-state index in [0.717, 1.165) is 17.7 Å². The molecule has 0 amide bonds. The Hall–Kier alpha value is -2.38. The van der Waals surface area contributed by atoms with Crippen molar-refractivity contribution in [1.29, 1.82) is 0 Å². The minimum atomic E-state index is -0.388. The van der Waals surface area contributed by atoms with Gasteiger partial charge in [-0.1, -0.05) is 6.92 Å². The number of nitrogens with one attached hydrogen (secondary N) is 1.